The van der Waals surface area contributed by atoms with Crippen LogP contribution in [0.25, 0.3) is 0 Å². The Hall–Kier alpha value is -0.370. The van der Waals surface area contributed by atoms with Crippen molar-refractivity contribution in [2.75, 3.05) is 26.7 Å². The fourth-order valence-corrected chi connectivity index (χ4v) is 1.77. The molecule has 2 nitrogen and oxygen atoms in total. The van der Waals surface area contributed by atoms with Gasteiger partial charge in [0.05, 0.1) is 26.7 Å². The van der Waals surface area contributed by atoms with E-state index in [9.17, 15) is 0 Å². The molecule has 13 heavy (non-hydrogen) atoms. The van der Waals surface area contributed by atoms with Crippen LogP contribution in [-0.2, 0) is 4.70 Å². The van der Waals surface area contributed by atoms with Gasteiger partial charge in [0, 0.05) is 0 Å². The van der Waals surface area contributed by atoms with E-state index in [-0.39, 0.29) is 7.04 Å². The SMILES string of the molecule is C=CC[N+]1(C)CCCCC1.[B]B=O. The van der Waals surface area contributed by atoms with Crippen LogP contribution in [0, 0.1) is 0 Å². The molecule has 0 aliphatic carbocycles. The molecule has 1 aliphatic rings. The zero-order valence-corrected chi connectivity index (χ0v) is 8.54. The normalized spacial score (nSPS) is 19.2. The second-order valence-corrected chi connectivity index (χ2v) is 3.73. The Morgan fingerprint density at radius 1 is 1.46 bits per heavy atom. The summed E-state index contributed by atoms with van der Waals surface area (Å²) in [5, 5.41) is 0. The first kappa shape index (κ1) is 12.6. The van der Waals surface area contributed by atoms with E-state index in [0.717, 1.165) is 6.54 Å². The van der Waals surface area contributed by atoms with E-state index in [1.807, 2.05) is 6.08 Å². The Labute approximate surface area is 83.2 Å². The van der Waals surface area contributed by atoms with Crippen LogP contribution >= 0.6 is 0 Å². The number of hydrogen-bond acceptors (Lipinski definition) is 1. The molecule has 0 amide bonds. The quantitative estimate of drug-likeness (QED) is 0.349. The van der Waals surface area contributed by atoms with Gasteiger partial charge in [-0.05, 0) is 25.3 Å². The molecule has 2 radical (unpaired) electrons. The predicted octanol–water partition coefficient (Wildman–Crippen LogP) is 0.922. The van der Waals surface area contributed by atoms with Crippen LogP contribution in [0.2, 0.25) is 0 Å². The van der Waals surface area contributed by atoms with Crippen LogP contribution in [0.4, 0.5) is 0 Å². The average Bonchev–Trinajstić information content (AvgIpc) is 2.06. The van der Waals surface area contributed by atoms with E-state index in [0.29, 0.717) is 0 Å². The topological polar surface area (TPSA) is 17.1 Å². The molecular weight excluding hydrogens is 160 g/mol. The number of likely N-dealkylation sites (N-methyl/N-ethyl adjacent to an activating group) is 1. The summed E-state index contributed by atoms with van der Waals surface area (Å²) in [4.78, 5) is 0. The number of likely N-dealkylation sites (tertiary alicyclic amines) is 1. The van der Waals surface area contributed by atoms with Gasteiger partial charge in [-0.3, -0.25) is 0 Å². The van der Waals surface area contributed by atoms with E-state index in [4.69, 9.17) is 4.70 Å². The summed E-state index contributed by atoms with van der Waals surface area (Å²) in [6.45, 7) is 7.64. The van der Waals surface area contributed by atoms with Gasteiger partial charge in [0.15, 0.2) is 0 Å². The zero-order valence-electron chi connectivity index (χ0n) is 8.54. The van der Waals surface area contributed by atoms with Crippen molar-refractivity contribution in [1.29, 1.82) is 0 Å². The molecule has 0 N–H and O–H groups in total. The van der Waals surface area contributed by atoms with E-state index < -0.39 is 0 Å². The van der Waals surface area contributed by atoms with E-state index in [1.165, 1.54) is 36.8 Å². The molecule has 1 rings (SSSR count). The predicted molar refractivity (Wildman–Crippen MR) is 57.0 cm³/mol. The standard InChI is InChI=1S/C9H18N.B2O/c1-3-7-10(2)8-5-4-6-9-10;1-2-3/h3H,1,4-9H2,2H3;/q+1;. The number of piperidine rings is 1. The van der Waals surface area contributed by atoms with Crippen molar-refractivity contribution >= 4 is 14.8 Å². The van der Waals surface area contributed by atoms with Gasteiger partial charge in [-0.1, -0.05) is 6.58 Å². The third kappa shape index (κ3) is 5.81. The van der Waals surface area contributed by atoms with Gasteiger partial charge >= 0.3 is 19.5 Å². The average molecular weight is 178 g/mol. The number of quaternary nitrogens is 1. The summed E-state index contributed by atoms with van der Waals surface area (Å²) < 4.78 is 9.81. The van der Waals surface area contributed by atoms with Crippen molar-refractivity contribution in [1.82, 2.24) is 0 Å². The number of hydrogen-bond donors (Lipinski definition) is 0. The maximum absolute atomic E-state index is 8.58. The molecule has 1 fully saturated rings. The van der Waals surface area contributed by atoms with Gasteiger partial charge in [0.1, 0.15) is 0 Å². The molecule has 0 saturated carbocycles. The molecule has 1 aliphatic heterocycles. The molecule has 0 atom stereocenters. The monoisotopic (exact) mass is 178 g/mol. The Morgan fingerprint density at radius 2 is 1.92 bits per heavy atom. The fourth-order valence-electron chi connectivity index (χ4n) is 1.77. The molecule has 0 aromatic rings. The third-order valence-electron chi connectivity index (χ3n) is 2.47. The van der Waals surface area contributed by atoms with Crippen LogP contribution in [0.5, 0.6) is 0 Å². The summed E-state index contributed by atoms with van der Waals surface area (Å²) in [6.07, 6.45) is 6.30. The molecule has 0 aromatic heterocycles. The van der Waals surface area contributed by atoms with Crippen molar-refractivity contribution < 1.29 is 9.19 Å². The zero-order chi connectivity index (χ0) is 10.2. The summed E-state index contributed by atoms with van der Waals surface area (Å²) in [5.74, 6) is 0. The first-order valence-corrected chi connectivity index (χ1v) is 4.78. The second-order valence-electron chi connectivity index (χ2n) is 3.73. The minimum atomic E-state index is 0.250. The van der Waals surface area contributed by atoms with Crippen LogP contribution in [0.15, 0.2) is 12.7 Å². The maximum atomic E-state index is 8.58. The molecular formula is C9H18B2NO+. The van der Waals surface area contributed by atoms with Crippen molar-refractivity contribution in [3.8, 4) is 0 Å². The Bertz CT molecular complexity index is 156. The molecule has 0 bridgehead atoms. The van der Waals surface area contributed by atoms with Crippen LogP contribution in [0.1, 0.15) is 19.3 Å². The van der Waals surface area contributed by atoms with Crippen molar-refractivity contribution in [3.05, 3.63) is 12.7 Å². The van der Waals surface area contributed by atoms with Crippen molar-refractivity contribution in [3.63, 3.8) is 0 Å². The molecule has 1 saturated heterocycles. The molecule has 4 heteroatoms. The Morgan fingerprint density at radius 3 is 2.31 bits per heavy atom. The first-order chi connectivity index (χ1) is 6.18. The summed E-state index contributed by atoms with van der Waals surface area (Å²) in [7, 11) is 6.75. The molecule has 0 aromatic carbocycles. The van der Waals surface area contributed by atoms with Crippen molar-refractivity contribution in [2.45, 2.75) is 19.3 Å². The van der Waals surface area contributed by atoms with Crippen molar-refractivity contribution in [2.24, 2.45) is 0 Å². The van der Waals surface area contributed by atoms with Gasteiger partial charge in [-0.2, -0.15) is 0 Å². The minimum absolute atomic E-state index is 0.250. The van der Waals surface area contributed by atoms with E-state index in [1.54, 1.807) is 0 Å². The molecule has 0 unspecified atom stereocenters. The van der Waals surface area contributed by atoms with E-state index in [2.05, 4.69) is 21.4 Å². The van der Waals surface area contributed by atoms with Gasteiger partial charge in [0.2, 0.25) is 0 Å². The number of nitrogens with zero attached hydrogens (tertiary/aromatic N) is 1. The van der Waals surface area contributed by atoms with Gasteiger partial charge < -0.3 is 4.48 Å². The number of rotatable bonds is 2. The Kier molecular flexibility index (Phi) is 6.87. The molecule has 1 heterocycles. The summed E-state index contributed by atoms with van der Waals surface area (Å²) in [5.41, 5.74) is 0. The van der Waals surface area contributed by atoms with Gasteiger partial charge in [-0.15, -0.1) is 0 Å². The van der Waals surface area contributed by atoms with Crippen LogP contribution in [-0.4, -0.2) is 45.9 Å². The summed E-state index contributed by atoms with van der Waals surface area (Å²) in [6, 6.07) is 0. The van der Waals surface area contributed by atoms with Gasteiger partial charge in [0.25, 0.3) is 0 Å². The Balaban J connectivity index is 0.000000424. The molecule has 0 spiro atoms. The fraction of sp³-hybridized carbons (Fsp3) is 0.778. The van der Waals surface area contributed by atoms with Crippen LogP contribution < -0.4 is 0 Å². The van der Waals surface area contributed by atoms with Gasteiger partial charge in [-0.25, -0.2) is 0 Å². The first-order valence-electron chi connectivity index (χ1n) is 4.78. The third-order valence-corrected chi connectivity index (χ3v) is 2.47. The second kappa shape index (κ2) is 7.07. The molecule has 70 valence electrons. The summed E-state index contributed by atoms with van der Waals surface area (Å²) >= 11 is 0. The van der Waals surface area contributed by atoms with Crippen LogP contribution in [0.3, 0.4) is 0 Å². The van der Waals surface area contributed by atoms with E-state index >= 15 is 0 Å².